The lowest BCUT2D eigenvalue weighted by Crippen LogP contribution is -2.41. The van der Waals surface area contributed by atoms with Crippen LogP contribution in [0.1, 0.15) is 58.1 Å². The molecule has 96 valence electrons. The molecular weight excluding hydrogens is 210 g/mol. The van der Waals surface area contributed by atoms with Crippen molar-refractivity contribution in [2.75, 3.05) is 0 Å². The summed E-state index contributed by atoms with van der Waals surface area (Å²) in [5.41, 5.74) is 1.26. The van der Waals surface area contributed by atoms with Crippen LogP contribution in [0.2, 0.25) is 0 Å². The average Bonchev–Trinajstić information content (AvgIpc) is 2.83. The van der Waals surface area contributed by atoms with Gasteiger partial charge in [-0.25, -0.2) is 0 Å². The van der Waals surface area contributed by atoms with Gasteiger partial charge in [-0.05, 0) is 37.7 Å². The maximum Gasteiger partial charge on any atom is 0.0950 e. The average molecular weight is 235 g/mol. The summed E-state index contributed by atoms with van der Waals surface area (Å²) >= 11 is 0. The van der Waals surface area contributed by atoms with Gasteiger partial charge in [-0.15, -0.1) is 0 Å². The summed E-state index contributed by atoms with van der Waals surface area (Å²) in [6.07, 6.45) is 9.10. The van der Waals surface area contributed by atoms with Crippen LogP contribution in [0.3, 0.4) is 0 Å². The summed E-state index contributed by atoms with van der Waals surface area (Å²) in [6.45, 7) is 6.94. The predicted octanol–water partition coefficient (Wildman–Crippen LogP) is 4.15. The molecule has 1 fully saturated rings. The van der Waals surface area contributed by atoms with Gasteiger partial charge in [0.15, 0.2) is 0 Å². The first-order valence-electron chi connectivity index (χ1n) is 6.96. The van der Waals surface area contributed by atoms with Crippen molar-refractivity contribution in [1.29, 1.82) is 0 Å². The van der Waals surface area contributed by atoms with E-state index >= 15 is 0 Å². The van der Waals surface area contributed by atoms with E-state index in [0.29, 0.717) is 12.1 Å². The van der Waals surface area contributed by atoms with Crippen molar-refractivity contribution < 1.29 is 4.42 Å². The quantitative estimate of drug-likeness (QED) is 0.848. The third-order valence-corrected chi connectivity index (χ3v) is 4.18. The topological polar surface area (TPSA) is 25.2 Å². The van der Waals surface area contributed by atoms with Crippen LogP contribution in [0.25, 0.3) is 0 Å². The summed E-state index contributed by atoms with van der Waals surface area (Å²) in [7, 11) is 0. The molecular formula is C15H25NO. The second-order valence-corrected chi connectivity index (χ2v) is 5.74. The highest BCUT2D eigenvalue weighted by molar-refractivity contribution is 5.10. The zero-order chi connectivity index (χ0) is 12.3. The molecule has 3 atom stereocenters. The third-order valence-electron chi connectivity index (χ3n) is 4.18. The van der Waals surface area contributed by atoms with Gasteiger partial charge < -0.3 is 9.73 Å². The van der Waals surface area contributed by atoms with Crippen molar-refractivity contribution in [3.63, 3.8) is 0 Å². The predicted molar refractivity (Wildman–Crippen MR) is 70.8 cm³/mol. The Balaban J connectivity index is 1.96. The Morgan fingerprint density at radius 1 is 1.24 bits per heavy atom. The van der Waals surface area contributed by atoms with Gasteiger partial charge in [-0.1, -0.05) is 26.7 Å². The number of furan rings is 1. The molecule has 0 spiro atoms. The van der Waals surface area contributed by atoms with Crippen LogP contribution in [0.15, 0.2) is 23.0 Å². The molecule has 2 rings (SSSR count). The fourth-order valence-corrected chi connectivity index (χ4v) is 3.10. The van der Waals surface area contributed by atoms with Crippen LogP contribution in [0.5, 0.6) is 0 Å². The summed E-state index contributed by atoms with van der Waals surface area (Å²) in [5.74, 6) is 1.61. The number of rotatable bonds is 4. The maximum absolute atomic E-state index is 5.16. The fourth-order valence-electron chi connectivity index (χ4n) is 3.10. The summed E-state index contributed by atoms with van der Waals surface area (Å²) in [5, 5.41) is 3.79. The summed E-state index contributed by atoms with van der Waals surface area (Å²) in [6, 6.07) is 3.14. The molecule has 17 heavy (non-hydrogen) atoms. The van der Waals surface area contributed by atoms with Gasteiger partial charge in [-0.3, -0.25) is 0 Å². The van der Waals surface area contributed by atoms with Crippen LogP contribution in [-0.4, -0.2) is 6.04 Å². The molecule has 0 radical (unpaired) electrons. The molecule has 1 N–H and O–H groups in total. The van der Waals surface area contributed by atoms with Crippen LogP contribution >= 0.6 is 0 Å². The van der Waals surface area contributed by atoms with Crippen LogP contribution in [0.4, 0.5) is 0 Å². The Morgan fingerprint density at radius 2 is 2.00 bits per heavy atom. The first-order valence-corrected chi connectivity index (χ1v) is 6.96. The molecule has 2 nitrogen and oxygen atoms in total. The molecule has 0 amide bonds. The van der Waals surface area contributed by atoms with Gasteiger partial charge in [0.2, 0.25) is 0 Å². The fraction of sp³-hybridized carbons (Fsp3) is 0.733. The standard InChI is InChI=1S/C15H25NO/c1-11(2)14-6-4-5-7-15(14)16-12(3)13-8-9-17-10-13/h8-12,14-16H,4-7H2,1-3H3. The SMILES string of the molecule is CC(NC1CCCCC1C(C)C)c1ccoc1. The van der Waals surface area contributed by atoms with Crippen molar-refractivity contribution in [1.82, 2.24) is 5.32 Å². The molecule has 0 aromatic carbocycles. The Labute approximate surface area is 105 Å². The van der Waals surface area contributed by atoms with Gasteiger partial charge in [0.05, 0.1) is 12.5 Å². The lowest BCUT2D eigenvalue weighted by atomic mass is 9.77. The zero-order valence-corrected chi connectivity index (χ0v) is 11.3. The molecule has 1 aliphatic carbocycles. The maximum atomic E-state index is 5.16. The minimum atomic E-state index is 0.401. The smallest absolute Gasteiger partial charge is 0.0950 e. The minimum Gasteiger partial charge on any atom is -0.472 e. The molecule has 1 saturated carbocycles. The molecule has 1 aliphatic rings. The largest absolute Gasteiger partial charge is 0.472 e. The van der Waals surface area contributed by atoms with Gasteiger partial charge in [0, 0.05) is 17.6 Å². The Morgan fingerprint density at radius 3 is 2.65 bits per heavy atom. The normalized spacial score (nSPS) is 27.3. The van der Waals surface area contributed by atoms with Gasteiger partial charge in [0.25, 0.3) is 0 Å². The van der Waals surface area contributed by atoms with Crippen molar-refractivity contribution in [3.8, 4) is 0 Å². The molecule has 0 bridgehead atoms. The molecule has 1 aromatic rings. The summed E-state index contributed by atoms with van der Waals surface area (Å²) in [4.78, 5) is 0. The molecule has 0 aliphatic heterocycles. The first kappa shape index (κ1) is 12.7. The van der Waals surface area contributed by atoms with Crippen molar-refractivity contribution in [2.24, 2.45) is 11.8 Å². The van der Waals surface area contributed by atoms with Crippen molar-refractivity contribution in [2.45, 2.75) is 58.5 Å². The minimum absolute atomic E-state index is 0.401. The highest BCUT2D eigenvalue weighted by atomic mass is 16.3. The van der Waals surface area contributed by atoms with Crippen LogP contribution in [-0.2, 0) is 0 Å². The van der Waals surface area contributed by atoms with E-state index in [-0.39, 0.29) is 0 Å². The zero-order valence-electron chi connectivity index (χ0n) is 11.3. The Bertz CT molecular complexity index is 318. The van der Waals surface area contributed by atoms with E-state index in [4.69, 9.17) is 4.42 Å². The molecule has 3 unspecified atom stereocenters. The second kappa shape index (κ2) is 5.72. The van der Waals surface area contributed by atoms with Crippen molar-refractivity contribution in [3.05, 3.63) is 24.2 Å². The van der Waals surface area contributed by atoms with E-state index in [0.717, 1.165) is 11.8 Å². The van der Waals surface area contributed by atoms with E-state index in [2.05, 4.69) is 32.2 Å². The van der Waals surface area contributed by atoms with E-state index in [9.17, 15) is 0 Å². The van der Waals surface area contributed by atoms with Crippen molar-refractivity contribution >= 4 is 0 Å². The first-order chi connectivity index (χ1) is 8.18. The lowest BCUT2D eigenvalue weighted by molar-refractivity contribution is 0.194. The van der Waals surface area contributed by atoms with E-state index in [1.807, 2.05) is 6.26 Å². The van der Waals surface area contributed by atoms with E-state index in [1.54, 1.807) is 6.26 Å². The number of hydrogen-bond acceptors (Lipinski definition) is 2. The van der Waals surface area contributed by atoms with Gasteiger partial charge >= 0.3 is 0 Å². The molecule has 2 heteroatoms. The highest BCUT2D eigenvalue weighted by Gasteiger charge is 2.28. The molecule has 0 saturated heterocycles. The highest BCUT2D eigenvalue weighted by Crippen LogP contribution is 2.31. The lowest BCUT2D eigenvalue weighted by Gasteiger charge is -2.36. The van der Waals surface area contributed by atoms with E-state index in [1.165, 1.54) is 31.2 Å². The van der Waals surface area contributed by atoms with Gasteiger partial charge in [0.1, 0.15) is 0 Å². The second-order valence-electron chi connectivity index (χ2n) is 5.74. The Hall–Kier alpha value is -0.760. The molecule has 1 heterocycles. The van der Waals surface area contributed by atoms with Gasteiger partial charge in [-0.2, -0.15) is 0 Å². The molecule has 1 aromatic heterocycles. The third kappa shape index (κ3) is 3.12. The Kier molecular flexibility index (Phi) is 4.27. The summed E-state index contributed by atoms with van der Waals surface area (Å²) < 4.78 is 5.16. The van der Waals surface area contributed by atoms with Crippen LogP contribution < -0.4 is 5.32 Å². The van der Waals surface area contributed by atoms with Crippen LogP contribution in [0, 0.1) is 11.8 Å². The number of hydrogen-bond donors (Lipinski definition) is 1. The number of nitrogens with one attached hydrogen (secondary N) is 1. The monoisotopic (exact) mass is 235 g/mol. The van der Waals surface area contributed by atoms with E-state index < -0.39 is 0 Å².